The predicted octanol–water partition coefficient (Wildman–Crippen LogP) is 2.61. The minimum atomic E-state index is -4.12. The van der Waals surface area contributed by atoms with Crippen molar-refractivity contribution in [3.05, 3.63) is 57.1 Å². The second kappa shape index (κ2) is 7.91. The van der Waals surface area contributed by atoms with Crippen molar-refractivity contribution in [2.75, 3.05) is 5.32 Å². The van der Waals surface area contributed by atoms with E-state index in [1.807, 2.05) is 0 Å². The number of carbonyl (C=O) groups excluding carboxylic acids is 1. The zero-order chi connectivity index (χ0) is 20.4. The van der Waals surface area contributed by atoms with Crippen LogP contribution in [0.25, 0.3) is 0 Å². The lowest BCUT2D eigenvalue weighted by atomic mass is 10.2. The molecule has 0 aliphatic carbocycles. The molecule has 11 heteroatoms. The number of primary sulfonamides is 1. The normalized spacial score (nSPS) is 12.3. The lowest BCUT2D eigenvalue weighted by Gasteiger charge is -2.16. The summed E-state index contributed by atoms with van der Waals surface area (Å²) in [5.41, 5.74) is 0.616. The van der Waals surface area contributed by atoms with Crippen LogP contribution in [-0.4, -0.2) is 25.4 Å². The van der Waals surface area contributed by atoms with E-state index in [-0.39, 0.29) is 5.75 Å². The molecule has 2 aromatic carbocycles. The number of nitrogens with zero attached hydrogens (tertiary/aromatic N) is 1. The van der Waals surface area contributed by atoms with Crippen molar-refractivity contribution < 1.29 is 22.9 Å². The summed E-state index contributed by atoms with van der Waals surface area (Å²) in [7, 11) is -4.12. The largest absolute Gasteiger partial charge is 0.474 e. The number of ether oxygens (including phenoxy) is 1. The first-order valence-electron chi connectivity index (χ1n) is 7.54. The van der Waals surface area contributed by atoms with Gasteiger partial charge in [0.2, 0.25) is 10.0 Å². The average molecular weight is 414 g/mol. The first-order valence-corrected chi connectivity index (χ1v) is 9.46. The number of nitro benzene ring substituents is 1. The molecule has 2 aromatic rings. The van der Waals surface area contributed by atoms with Crippen LogP contribution in [0.3, 0.4) is 0 Å². The maximum absolute atomic E-state index is 12.3. The lowest BCUT2D eigenvalue weighted by molar-refractivity contribution is -0.386. The highest BCUT2D eigenvalue weighted by Crippen LogP contribution is 2.30. The standard InChI is InChI=1S/C16H16ClN3O6S/c1-9-3-4-11(17)7-13(9)19-16(21)10(2)26-15-6-5-12(27(18,24)25)8-14(15)20(22)23/h3-8,10H,1-2H3,(H,19,21)(H2,18,24,25). The van der Waals surface area contributed by atoms with Gasteiger partial charge in [0.05, 0.1) is 9.82 Å². The molecule has 0 aliphatic heterocycles. The number of hydrogen-bond acceptors (Lipinski definition) is 6. The molecule has 0 saturated heterocycles. The van der Waals surface area contributed by atoms with Gasteiger partial charge in [-0.1, -0.05) is 17.7 Å². The molecule has 144 valence electrons. The van der Waals surface area contributed by atoms with Gasteiger partial charge in [-0.3, -0.25) is 14.9 Å². The number of sulfonamides is 1. The number of aryl methyl sites for hydroxylation is 1. The Morgan fingerprint density at radius 2 is 1.96 bits per heavy atom. The Morgan fingerprint density at radius 3 is 2.56 bits per heavy atom. The van der Waals surface area contributed by atoms with E-state index in [0.29, 0.717) is 10.7 Å². The molecular weight excluding hydrogens is 398 g/mol. The van der Waals surface area contributed by atoms with Gasteiger partial charge < -0.3 is 10.1 Å². The summed E-state index contributed by atoms with van der Waals surface area (Å²) in [6.45, 7) is 3.17. The SMILES string of the molecule is Cc1ccc(Cl)cc1NC(=O)C(C)Oc1ccc(S(N)(=O)=O)cc1[N+](=O)[O-]. The van der Waals surface area contributed by atoms with Crippen LogP contribution in [-0.2, 0) is 14.8 Å². The molecule has 0 fully saturated rings. The Labute approximate surface area is 160 Å². The molecule has 0 heterocycles. The quantitative estimate of drug-likeness (QED) is 0.550. The summed E-state index contributed by atoms with van der Waals surface area (Å²) in [5.74, 6) is -0.831. The summed E-state index contributed by atoms with van der Waals surface area (Å²) < 4.78 is 28.1. The van der Waals surface area contributed by atoms with E-state index in [9.17, 15) is 23.3 Å². The predicted molar refractivity (Wildman–Crippen MR) is 99.4 cm³/mol. The van der Waals surface area contributed by atoms with Crippen LogP contribution >= 0.6 is 11.6 Å². The molecule has 1 amide bonds. The summed E-state index contributed by atoms with van der Waals surface area (Å²) >= 11 is 5.90. The van der Waals surface area contributed by atoms with Gasteiger partial charge >= 0.3 is 5.69 Å². The van der Waals surface area contributed by atoms with Crippen LogP contribution in [0.15, 0.2) is 41.3 Å². The number of carbonyl (C=O) groups is 1. The van der Waals surface area contributed by atoms with Gasteiger partial charge in [-0.15, -0.1) is 0 Å². The number of anilines is 1. The molecule has 0 aromatic heterocycles. The number of amides is 1. The fraction of sp³-hybridized carbons (Fsp3) is 0.188. The number of hydrogen-bond donors (Lipinski definition) is 2. The fourth-order valence-electron chi connectivity index (χ4n) is 2.12. The third-order valence-electron chi connectivity index (χ3n) is 3.59. The van der Waals surface area contributed by atoms with Crippen LogP contribution in [0, 0.1) is 17.0 Å². The van der Waals surface area contributed by atoms with Gasteiger partial charge in [-0.05, 0) is 43.7 Å². The molecule has 0 aliphatic rings. The number of nitro groups is 1. The minimum absolute atomic E-state index is 0.266. The van der Waals surface area contributed by atoms with E-state index in [1.165, 1.54) is 6.92 Å². The molecule has 0 saturated carbocycles. The van der Waals surface area contributed by atoms with E-state index in [0.717, 1.165) is 23.8 Å². The van der Waals surface area contributed by atoms with E-state index in [2.05, 4.69) is 5.32 Å². The summed E-state index contributed by atoms with van der Waals surface area (Å²) in [5, 5.41) is 19.2. The van der Waals surface area contributed by atoms with Gasteiger partial charge in [0, 0.05) is 16.8 Å². The van der Waals surface area contributed by atoms with E-state index < -0.39 is 37.5 Å². The van der Waals surface area contributed by atoms with Crippen LogP contribution in [0.2, 0.25) is 5.02 Å². The molecule has 2 rings (SSSR count). The highest BCUT2D eigenvalue weighted by Gasteiger charge is 2.24. The van der Waals surface area contributed by atoms with E-state index in [4.69, 9.17) is 21.5 Å². The smallest absolute Gasteiger partial charge is 0.312 e. The molecule has 9 nitrogen and oxygen atoms in total. The van der Waals surface area contributed by atoms with Gasteiger partial charge in [0.1, 0.15) is 0 Å². The number of nitrogens with one attached hydrogen (secondary N) is 1. The molecule has 0 bridgehead atoms. The Morgan fingerprint density at radius 1 is 1.30 bits per heavy atom. The zero-order valence-corrected chi connectivity index (χ0v) is 15.9. The Balaban J connectivity index is 2.24. The Hall–Kier alpha value is -2.69. The van der Waals surface area contributed by atoms with Crippen molar-refractivity contribution in [3.8, 4) is 5.75 Å². The minimum Gasteiger partial charge on any atom is -0.474 e. The van der Waals surface area contributed by atoms with Crippen LogP contribution in [0.4, 0.5) is 11.4 Å². The average Bonchev–Trinajstić information content (AvgIpc) is 2.57. The first kappa shape index (κ1) is 20.6. The second-order valence-electron chi connectivity index (χ2n) is 5.64. The van der Waals surface area contributed by atoms with Crippen molar-refractivity contribution in [1.82, 2.24) is 0 Å². The van der Waals surface area contributed by atoms with Crippen LogP contribution in [0.5, 0.6) is 5.75 Å². The van der Waals surface area contributed by atoms with Crippen molar-refractivity contribution >= 4 is 38.9 Å². The first-order chi connectivity index (χ1) is 12.5. The maximum Gasteiger partial charge on any atom is 0.312 e. The van der Waals surface area contributed by atoms with Crippen molar-refractivity contribution in [1.29, 1.82) is 0 Å². The van der Waals surface area contributed by atoms with Gasteiger partial charge in [0.15, 0.2) is 11.9 Å². The lowest BCUT2D eigenvalue weighted by Crippen LogP contribution is -2.30. The van der Waals surface area contributed by atoms with E-state index in [1.54, 1.807) is 25.1 Å². The van der Waals surface area contributed by atoms with Crippen LogP contribution in [0.1, 0.15) is 12.5 Å². The van der Waals surface area contributed by atoms with Crippen molar-refractivity contribution in [2.24, 2.45) is 5.14 Å². The molecule has 27 heavy (non-hydrogen) atoms. The second-order valence-corrected chi connectivity index (χ2v) is 7.64. The summed E-state index contributed by atoms with van der Waals surface area (Å²) in [6, 6.07) is 7.86. The third-order valence-corrected chi connectivity index (χ3v) is 4.73. The summed E-state index contributed by atoms with van der Waals surface area (Å²) in [4.78, 5) is 22.3. The molecule has 0 radical (unpaired) electrons. The zero-order valence-electron chi connectivity index (χ0n) is 14.3. The number of rotatable bonds is 6. The Kier molecular flexibility index (Phi) is 6.04. The van der Waals surface area contributed by atoms with E-state index >= 15 is 0 Å². The maximum atomic E-state index is 12.3. The highest BCUT2D eigenvalue weighted by atomic mass is 35.5. The summed E-state index contributed by atoms with van der Waals surface area (Å²) in [6.07, 6.45) is -1.11. The molecule has 0 spiro atoms. The highest BCUT2D eigenvalue weighted by molar-refractivity contribution is 7.89. The number of benzene rings is 2. The third kappa shape index (κ3) is 5.16. The van der Waals surface area contributed by atoms with Crippen LogP contribution < -0.4 is 15.2 Å². The van der Waals surface area contributed by atoms with Gasteiger partial charge in [0.25, 0.3) is 5.91 Å². The number of nitrogens with two attached hydrogens (primary N) is 1. The van der Waals surface area contributed by atoms with Gasteiger partial charge in [-0.25, -0.2) is 13.6 Å². The van der Waals surface area contributed by atoms with Crippen molar-refractivity contribution in [3.63, 3.8) is 0 Å². The fourth-order valence-corrected chi connectivity index (χ4v) is 2.83. The monoisotopic (exact) mass is 413 g/mol. The topological polar surface area (TPSA) is 142 Å². The van der Waals surface area contributed by atoms with Gasteiger partial charge in [-0.2, -0.15) is 0 Å². The molecule has 1 unspecified atom stereocenters. The molecule has 1 atom stereocenters. The molecular formula is C16H16ClN3O6S. The Bertz CT molecular complexity index is 1010. The molecule has 3 N–H and O–H groups in total. The van der Waals surface area contributed by atoms with Crippen molar-refractivity contribution in [2.45, 2.75) is 24.8 Å². The number of halogens is 1.